The first kappa shape index (κ1) is 12.6. The van der Waals surface area contributed by atoms with Crippen LogP contribution in [0.5, 0.6) is 0 Å². The molecule has 3 heterocycles. The molecular formula is C15H19N5O. The van der Waals surface area contributed by atoms with E-state index in [2.05, 4.69) is 24.6 Å². The summed E-state index contributed by atoms with van der Waals surface area (Å²) >= 11 is 0. The van der Waals surface area contributed by atoms with E-state index in [4.69, 9.17) is 0 Å². The maximum atomic E-state index is 12.0. The van der Waals surface area contributed by atoms with Crippen LogP contribution in [0.3, 0.4) is 0 Å². The zero-order valence-corrected chi connectivity index (χ0v) is 12.2. The van der Waals surface area contributed by atoms with Gasteiger partial charge in [-0.25, -0.2) is 0 Å². The Kier molecular flexibility index (Phi) is 2.83. The van der Waals surface area contributed by atoms with Crippen molar-refractivity contribution in [3.8, 4) is 0 Å². The molecule has 1 N–H and O–H groups in total. The van der Waals surface area contributed by atoms with Gasteiger partial charge < -0.3 is 14.5 Å². The molecule has 2 aromatic rings. The molecule has 0 spiro atoms. The summed E-state index contributed by atoms with van der Waals surface area (Å²) < 4.78 is 2.10. The summed E-state index contributed by atoms with van der Waals surface area (Å²) in [6, 6.07) is 2.00. The van der Waals surface area contributed by atoms with Crippen molar-refractivity contribution in [1.29, 1.82) is 0 Å². The second-order valence-corrected chi connectivity index (χ2v) is 6.03. The lowest BCUT2D eigenvalue weighted by molar-refractivity contribution is 0.392. The number of pyridine rings is 1. The van der Waals surface area contributed by atoms with Gasteiger partial charge in [0.15, 0.2) is 0 Å². The maximum Gasteiger partial charge on any atom is 0.253 e. The van der Waals surface area contributed by atoms with Gasteiger partial charge in [-0.1, -0.05) is 6.42 Å². The van der Waals surface area contributed by atoms with E-state index < -0.39 is 0 Å². The van der Waals surface area contributed by atoms with Gasteiger partial charge in [0.2, 0.25) is 5.95 Å². The minimum absolute atomic E-state index is 0.0126. The fourth-order valence-corrected chi connectivity index (χ4v) is 3.28. The second-order valence-electron chi connectivity index (χ2n) is 6.03. The van der Waals surface area contributed by atoms with Crippen molar-refractivity contribution in [1.82, 2.24) is 19.7 Å². The Bertz CT molecular complexity index is 728. The SMILES string of the molecule is Cn1c(C2CCC2)nnc1N1CCc2cc[nH]c(=O)c2C1. The predicted molar refractivity (Wildman–Crippen MR) is 79.4 cm³/mol. The molecule has 2 aromatic heterocycles. The molecule has 1 saturated carbocycles. The number of hydrogen-bond acceptors (Lipinski definition) is 4. The van der Waals surface area contributed by atoms with Crippen LogP contribution in [-0.4, -0.2) is 26.3 Å². The second kappa shape index (κ2) is 4.72. The number of H-pyrrole nitrogens is 1. The van der Waals surface area contributed by atoms with E-state index in [1.807, 2.05) is 13.1 Å². The van der Waals surface area contributed by atoms with Crippen molar-refractivity contribution >= 4 is 5.95 Å². The minimum atomic E-state index is 0.0126. The fourth-order valence-electron chi connectivity index (χ4n) is 3.28. The third kappa shape index (κ3) is 1.97. The summed E-state index contributed by atoms with van der Waals surface area (Å²) in [5.74, 6) is 2.53. The van der Waals surface area contributed by atoms with Crippen LogP contribution < -0.4 is 10.5 Å². The number of nitrogens with one attached hydrogen (secondary N) is 1. The van der Waals surface area contributed by atoms with E-state index in [1.54, 1.807) is 6.20 Å². The number of anilines is 1. The van der Waals surface area contributed by atoms with Gasteiger partial charge in [-0.2, -0.15) is 0 Å². The largest absolute Gasteiger partial charge is 0.336 e. The Morgan fingerprint density at radius 3 is 2.95 bits per heavy atom. The van der Waals surface area contributed by atoms with Crippen molar-refractivity contribution < 1.29 is 0 Å². The molecule has 1 aliphatic heterocycles. The molecule has 4 rings (SSSR count). The van der Waals surface area contributed by atoms with E-state index in [-0.39, 0.29) is 5.56 Å². The lowest BCUT2D eigenvalue weighted by Crippen LogP contribution is -2.36. The molecule has 6 nitrogen and oxygen atoms in total. The fraction of sp³-hybridized carbons (Fsp3) is 0.533. The smallest absolute Gasteiger partial charge is 0.253 e. The quantitative estimate of drug-likeness (QED) is 0.904. The first-order chi connectivity index (χ1) is 10.2. The zero-order chi connectivity index (χ0) is 14.4. The average molecular weight is 285 g/mol. The Labute approximate surface area is 122 Å². The highest BCUT2D eigenvalue weighted by molar-refractivity contribution is 5.39. The molecule has 2 aliphatic rings. The van der Waals surface area contributed by atoms with Crippen LogP contribution in [0.2, 0.25) is 0 Å². The number of nitrogens with zero attached hydrogens (tertiary/aromatic N) is 4. The molecule has 1 fully saturated rings. The Morgan fingerprint density at radius 1 is 1.33 bits per heavy atom. The van der Waals surface area contributed by atoms with Gasteiger partial charge in [0.1, 0.15) is 5.82 Å². The summed E-state index contributed by atoms with van der Waals surface area (Å²) in [6.07, 6.45) is 6.33. The third-order valence-corrected chi connectivity index (χ3v) is 4.80. The topological polar surface area (TPSA) is 66.8 Å². The number of hydrogen-bond donors (Lipinski definition) is 1. The van der Waals surface area contributed by atoms with E-state index in [9.17, 15) is 4.79 Å². The molecule has 1 aliphatic carbocycles. The molecular weight excluding hydrogens is 266 g/mol. The van der Waals surface area contributed by atoms with E-state index in [0.717, 1.165) is 35.9 Å². The highest BCUT2D eigenvalue weighted by Gasteiger charge is 2.28. The summed E-state index contributed by atoms with van der Waals surface area (Å²) in [5, 5.41) is 8.75. The lowest BCUT2D eigenvalue weighted by atomic mass is 9.85. The summed E-state index contributed by atoms with van der Waals surface area (Å²) in [6.45, 7) is 1.50. The molecule has 0 saturated heterocycles. The molecule has 0 amide bonds. The number of rotatable bonds is 2. The normalized spacial score (nSPS) is 18.4. The van der Waals surface area contributed by atoms with Crippen LogP contribution in [0.4, 0.5) is 5.95 Å². The molecule has 0 radical (unpaired) electrons. The standard InChI is InChI=1S/C15H19N5O/c1-19-13(11-3-2-4-11)17-18-15(19)20-8-6-10-5-7-16-14(21)12(10)9-20/h5,7,11H,2-4,6,8-9H2,1H3,(H,16,21). The van der Waals surface area contributed by atoms with E-state index >= 15 is 0 Å². The molecule has 21 heavy (non-hydrogen) atoms. The van der Waals surface area contributed by atoms with Gasteiger partial charge in [-0.3, -0.25) is 4.79 Å². The van der Waals surface area contributed by atoms with Gasteiger partial charge in [0, 0.05) is 31.3 Å². The molecule has 6 heteroatoms. The molecule has 0 aromatic carbocycles. The molecule has 0 unspecified atom stereocenters. The van der Waals surface area contributed by atoms with Crippen LogP contribution in [0, 0.1) is 0 Å². The van der Waals surface area contributed by atoms with Crippen LogP contribution in [-0.2, 0) is 20.0 Å². The average Bonchev–Trinajstić information content (AvgIpc) is 2.79. The van der Waals surface area contributed by atoms with Gasteiger partial charge in [-0.15, -0.1) is 10.2 Å². The van der Waals surface area contributed by atoms with Gasteiger partial charge in [0.05, 0.1) is 6.54 Å². The number of aromatic nitrogens is 4. The molecule has 0 bridgehead atoms. The van der Waals surface area contributed by atoms with Gasteiger partial charge in [0.25, 0.3) is 5.56 Å². The predicted octanol–water partition coefficient (Wildman–Crippen LogP) is 1.33. The van der Waals surface area contributed by atoms with Crippen LogP contribution in [0.25, 0.3) is 0 Å². The highest BCUT2D eigenvalue weighted by atomic mass is 16.1. The van der Waals surface area contributed by atoms with Crippen LogP contribution in [0.15, 0.2) is 17.1 Å². The van der Waals surface area contributed by atoms with Crippen molar-refractivity contribution in [2.45, 2.75) is 38.1 Å². The first-order valence-corrected chi connectivity index (χ1v) is 7.57. The monoisotopic (exact) mass is 285 g/mol. The maximum absolute atomic E-state index is 12.0. The van der Waals surface area contributed by atoms with Crippen molar-refractivity contribution in [2.75, 3.05) is 11.4 Å². The summed E-state index contributed by atoms with van der Waals surface area (Å²) in [5.41, 5.74) is 2.02. The zero-order valence-electron chi connectivity index (χ0n) is 12.2. The van der Waals surface area contributed by atoms with Gasteiger partial charge in [-0.05, 0) is 30.9 Å². The Morgan fingerprint density at radius 2 is 2.19 bits per heavy atom. The number of fused-ring (bicyclic) bond motifs is 1. The first-order valence-electron chi connectivity index (χ1n) is 7.57. The number of aromatic amines is 1. The third-order valence-electron chi connectivity index (χ3n) is 4.80. The lowest BCUT2D eigenvalue weighted by Gasteiger charge is -2.29. The molecule has 0 atom stereocenters. The van der Waals surface area contributed by atoms with E-state index in [1.165, 1.54) is 19.3 Å². The summed E-state index contributed by atoms with van der Waals surface area (Å²) in [4.78, 5) is 16.9. The van der Waals surface area contributed by atoms with Crippen LogP contribution in [0.1, 0.15) is 42.1 Å². The van der Waals surface area contributed by atoms with Crippen LogP contribution >= 0.6 is 0 Å². The Balaban J connectivity index is 1.65. The summed E-state index contributed by atoms with van der Waals surface area (Å²) in [7, 11) is 2.04. The van der Waals surface area contributed by atoms with Gasteiger partial charge >= 0.3 is 0 Å². The van der Waals surface area contributed by atoms with Crippen molar-refractivity contribution in [3.05, 3.63) is 39.6 Å². The van der Waals surface area contributed by atoms with Crippen molar-refractivity contribution in [3.63, 3.8) is 0 Å². The van der Waals surface area contributed by atoms with Crippen molar-refractivity contribution in [2.24, 2.45) is 7.05 Å². The molecule has 110 valence electrons. The van der Waals surface area contributed by atoms with E-state index in [0.29, 0.717) is 12.5 Å². The highest BCUT2D eigenvalue weighted by Crippen LogP contribution is 2.36. The minimum Gasteiger partial charge on any atom is -0.336 e. The Hall–Kier alpha value is -2.11.